The Labute approximate surface area is 233 Å². The van der Waals surface area contributed by atoms with Crippen molar-refractivity contribution in [2.75, 3.05) is 0 Å². The van der Waals surface area contributed by atoms with Crippen molar-refractivity contribution in [1.29, 1.82) is 0 Å². The fourth-order valence-electron chi connectivity index (χ4n) is 5.45. The van der Waals surface area contributed by atoms with E-state index in [1.807, 2.05) is 12.1 Å². The van der Waals surface area contributed by atoms with Gasteiger partial charge in [0.2, 0.25) is 0 Å². The molecule has 3 aromatic carbocycles. The molecule has 0 saturated carbocycles. The van der Waals surface area contributed by atoms with Gasteiger partial charge in [-0.25, -0.2) is 4.39 Å². The van der Waals surface area contributed by atoms with Crippen LogP contribution < -0.4 is 0 Å². The summed E-state index contributed by atoms with van der Waals surface area (Å²) in [6, 6.07) is 19.1. The van der Waals surface area contributed by atoms with Crippen LogP contribution in [-0.4, -0.2) is 0 Å². The predicted molar refractivity (Wildman–Crippen MR) is 164 cm³/mol. The third-order valence-corrected chi connectivity index (χ3v) is 8.11. The van der Waals surface area contributed by atoms with Crippen LogP contribution in [0.4, 0.5) is 4.39 Å². The van der Waals surface area contributed by atoms with Gasteiger partial charge in [-0.3, -0.25) is 0 Å². The van der Waals surface area contributed by atoms with E-state index in [0.29, 0.717) is 4.71 Å². The van der Waals surface area contributed by atoms with Gasteiger partial charge in [0.1, 0.15) is 0 Å². The summed E-state index contributed by atoms with van der Waals surface area (Å²) in [6.45, 7) is 4.48. The van der Waals surface area contributed by atoms with E-state index in [1.54, 1.807) is 0 Å². The molecule has 0 aliphatic rings. The number of unbranched alkanes of at least 4 members (excludes halogenated alkanes) is 10. The molecule has 0 atom stereocenters. The van der Waals surface area contributed by atoms with Gasteiger partial charge < -0.3 is 4.42 Å². The number of benzene rings is 3. The van der Waals surface area contributed by atoms with Crippen LogP contribution in [0.25, 0.3) is 32.9 Å². The van der Waals surface area contributed by atoms with Crippen LogP contribution in [-0.2, 0) is 12.8 Å². The Morgan fingerprint density at radius 2 is 1.18 bits per heavy atom. The molecule has 202 valence electrons. The molecule has 1 heterocycles. The van der Waals surface area contributed by atoms with Gasteiger partial charge in [-0.15, -0.1) is 0 Å². The number of hydrogen-bond acceptors (Lipinski definition) is 2. The Kier molecular flexibility index (Phi) is 10.9. The van der Waals surface area contributed by atoms with Gasteiger partial charge in [-0.2, -0.15) is 0 Å². The van der Waals surface area contributed by atoms with Crippen LogP contribution in [0.1, 0.15) is 102 Å². The highest BCUT2D eigenvalue weighted by Gasteiger charge is 2.14. The molecule has 0 bridgehead atoms. The van der Waals surface area contributed by atoms with Crippen LogP contribution in [0.3, 0.4) is 0 Å². The smallest absolute Gasteiger partial charge is 0.198 e. The Morgan fingerprint density at radius 3 is 1.87 bits per heavy atom. The molecule has 0 unspecified atom stereocenters. The Balaban J connectivity index is 1.47. The van der Waals surface area contributed by atoms with E-state index in [2.05, 4.69) is 56.3 Å². The first-order chi connectivity index (χ1) is 18.6. The minimum absolute atomic E-state index is 0.255. The van der Waals surface area contributed by atoms with Crippen LogP contribution in [0, 0.1) is 10.5 Å². The largest absolute Gasteiger partial charge is 0.441 e. The molecule has 38 heavy (non-hydrogen) atoms. The average Bonchev–Trinajstić information content (AvgIpc) is 2.94. The van der Waals surface area contributed by atoms with Crippen molar-refractivity contribution in [3.05, 3.63) is 76.2 Å². The zero-order chi connectivity index (χ0) is 26.7. The average molecular weight is 531 g/mol. The van der Waals surface area contributed by atoms with E-state index in [-0.39, 0.29) is 11.4 Å². The summed E-state index contributed by atoms with van der Waals surface area (Å²) in [5, 5.41) is 2.60. The highest BCUT2D eigenvalue weighted by molar-refractivity contribution is 7.71. The number of hydrogen-bond donors (Lipinski definition) is 0. The first kappa shape index (κ1) is 28.5. The molecule has 3 heteroatoms. The first-order valence-corrected chi connectivity index (χ1v) is 15.3. The summed E-state index contributed by atoms with van der Waals surface area (Å²) in [4.78, 5) is 0. The van der Waals surface area contributed by atoms with Gasteiger partial charge in [0, 0.05) is 10.8 Å². The van der Waals surface area contributed by atoms with Gasteiger partial charge in [0.05, 0.1) is 0 Å². The zero-order valence-corrected chi connectivity index (χ0v) is 24.1. The molecule has 0 saturated heterocycles. The topological polar surface area (TPSA) is 13.1 Å². The van der Waals surface area contributed by atoms with E-state index in [0.717, 1.165) is 58.5 Å². The van der Waals surface area contributed by atoms with Crippen LogP contribution in [0.15, 0.2) is 59.0 Å². The number of halogens is 1. The predicted octanol–water partition coefficient (Wildman–Crippen LogP) is 11.9. The molecule has 1 nitrogen and oxygen atoms in total. The molecule has 4 aromatic rings. The minimum Gasteiger partial charge on any atom is -0.441 e. The van der Waals surface area contributed by atoms with Gasteiger partial charge >= 0.3 is 0 Å². The molecular formula is C35H43FOS. The van der Waals surface area contributed by atoms with Gasteiger partial charge in [-0.05, 0) is 71.6 Å². The Bertz CT molecular complexity index is 1370. The molecule has 0 N–H and O–H groups in total. The fraction of sp³-hybridized carbons (Fsp3) is 0.457. The number of aryl methyl sites for hydroxylation is 2. The normalized spacial score (nSPS) is 11.6. The third-order valence-electron chi connectivity index (χ3n) is 7.81. The maximum Gasteiger partial charge on any atom is 0.198 e. The van der Waals surface area contributed by atoms with Crippen molar-refractivity contribution in [3.63, 3.8) is 0 Å². The SMILES string of the molecule is CCCCCCCCc1ccc(-c2ccc3c(c2)c(=S)oc2c(F)c(CCCCCCCC)ccc23)cc1. The van der Waals surface area contributed by atoms with Crippen molar-refractivity contribution < 1.29 is 8.81 Å². The maximum absolute atomic E-state index is 15.4. The lowest BCUT2D eigenvalue weighted by Crippen LogP contribution is -1.94. The van der Waals surface area contributed by atoms with E-state index in [4.69, 9.17) is 16.6 Å². The molecule has 0 aliphatic heterocycles. The first-order valence-electron chi connectivity index (χ1n) is 14.9. The summed E-state index contributed by atoms with van der Waals surface area (Å²) >= 11 is 5.61. The summed E-state index contributed by atoms with van der Waals surface area (Å²) in [5.41, 5.74) is 4.67. The van der Waals surface area contributed by atoms with Crippen LogP contribution in [0.5, 0.6) is 0 Å². The second kappa shape index (κ2) is 14.6. The lowest BCUT2D eigenvalue weighted by atomic mass is 9.97. The van der Waals surface area contributed by atoms with Crippen LogP contribution in [0.2, 0.25) is 0 Å². The molecule has 4 rings (SSSR count). The van der Waals surface area contributed by atoms with E-state index < -0.39 is 0 Å². The monoisotopic (exact) mass is 530 g/mol. The van der Waals surface area contributed by atoms with Crippen molar-refractivity contribution in [2.24, 2.45) is 0 Å². The van der Waals surface area contributed by atoms with Crippen molar-refractivity contribution >= 4 is 34.0 Å². The van der Waals surface area contributed by atoms with Gasteiger partial charge in [-0.1, -0.05) is 127 Å². The van der Waals surface area contributed by atoms with Crippen molar-refractivity contribution in [1.82, 2.24) is 0 Å². The third kappa shape index (κ3) is 7.32. The standard InChI is InChI=1S/C35H43FOS/c1-3-5-7-9-11-13-15-26-17-19-27(20-18-26)29-22-23-30-31-24-21-28(16-14-12-10-8-6-4-2)33(36)34(31)37-35(38)32(30)25-29/h17-25H,3-16H2,1-2H3. The molecule has 0 radical (unpaired) electrons. The van der Waals surface area contributed by atoms with Crippen molar-refractivity contribution in [3.8, 4) is 11.1 Å². The zero-order valence-electron chi connectivity index (χ0n) is 23.3. The summed E-state index contributed by atoms with van der Waals surface area (Å²) in [6.07, 6.45) is 16.9. The second-order valence-electron chi connectivity index (χ2n) is 10.8. The van der Waals surface area contributed by atoms with Crippen LogP contribution >= 0.6 is 12.2 Å². The summed E-state index contributed by atoms with van der Waals surface area (Å²) in [5.74, 6) is -0.255. The van der Waals surface area contributed by atoms with E-state index in [9.17, 15) is 0 Å². The maximum atomic E-state index is 15.4. The summed E-state index contributed by atoms with van der Waals surface area (Å²) < 4.78 is 21.7. The molecule has 0 fully saturated rings. The number of rotatable bonds is 15. The lowest BCUT2D eigenvalue weighted by Gasteiger charge is -2.10. The molecular weight excluding hydrogens is 487 g/mol. The quantitative estimate of drug-likeness (QED) is 0.0861. The molecule has 0 spiro atoms. The van der Waals surface area contributed by atoms with E-state index in [1.165, 1.54) is 69.8 Å². The fourth-order valence-corrected chi connectivity index (χ4v) is 5.70. The highest BCUT2D eigenvalue weighted by atomic mass is 32.1. The van der Waals surface area contributed by atoms with Gasteiger partial charge in [0.25, 0.3) is 0 Å². The molecule has 0 amide bonds. The lowest BCUT2D eigenvalue weighted by molar-refractivity contribution is 0.534. The minimum atomic E-state index is -0.255. The second-order valence-corrected chi connectivity index (χ2v) is 11.2. The highest BCUT2D eigenvalue weighted by Crippen LogP contribution is 2.33. The summed E-state index contributed by atoms with van der Waals surface area (Å²) in [7, 11) is 0. The number of fused-ring (bicyclic) bond motifs is 3. The molecule has 1 aromatic heterocycles. The van der Waals surface area contributed by atoms with Gasteiger partial charge in [0.15, 0.2) is 16.1 Å². The van der Waals surface area contributed by atoms with E-state index >= 15 is 4.39 Å². The molecule has 0 aliphatic carbocycles. The van der Waals surface area contributed by atoms with Crippen molar-refractivity contribution in [2.45, 2.75) is 104 Å². The Morgan fingerprint density at radius 1 is 0.605 bits per heavy atom. The Hall–Kier alpha value is -2.52.